The second kappa shape index (κ2) is 4.49. The summed E-state index contributed by atoms with van der Waals surface area (Å²) in [6.07, 6.45) is 4.43. The molecule has 1 saturated heterocycles. The third kappa shape index (κ3) is 2.92. The first kappa shape index (κ1) is 10.9. The number of rotatable bonds is 4. The minimum Gasteiger partial charge on any atom is -0.388 e. The summed E-state index contributed by atoms with van der Waals surface area (Å²) in [6, 6.07) is 0. The molecule has 4 nitrogen and oxygen atoms in total. The van der Waals surface area contributed by atoms with E-state index in [9.17, 15) is 9.90 Å². The fourth-order valence-corrected chi connectivity index (χ4v) is 2.30. The van der Waals surface area contributed by atoms with Crippen LogP contribution in [-0.2, 0) is 4.79 Å². The van der Waals surface area contributed by atoms with Gasteiger partial charge in [0.2, 0.25) is 5.91 Å². The van der Waals surface area contributed by atoms with Crippen molar-refractivity contribution in [2.75, 3.05) is 19.6 Å². The molecular formula is C11H20N2O2. The highest BCUT2D eigenvalue weighted by Crippen LogP contribution is 2.28. The lowest BCUT2D eigenvalue weighted by molar-refractivity contribution is -0.123. The highest BCUT2D eigenvalue weighted by atomic mass is 16.3. The lowest BCUT2D eigenvalue weighted by Gasteiger charge is -2.27. The van der Waals surface area contributed by atoms with Gasteiger partial charge in [-0.2, -0.15) is 0 Å². The largest absolute Gasteiger partial charge is 0.388 e. The molecule has 1 amide bonds. The second-order valence-corrected chi connectivity index (χ2v) is 4.94. The van der Waals surface area contributed by atoms with Gasteiger partial charge in [0.05, 0.1) is 5.60 Å². The summed E-state index contributed by atoms with van der Waals surface area (Å²) in [5, 5.41) is 16.0. The number of carbonyl (C=O) groups is 1. The van der Waals surface area contributed by atoms with E-state index in [1.807, 2.05) is 0 Å². The van der Waals surface area contributed by atoms with Gasteiger partial charge in [0.1, 0.15) is 0 Å². The van der Waals surface area contributed by atoms with Gasteiger partial charge in [-0.05, 0) is 31.8 Å². The number of carbonyl (C=O) groups excluding carboxylic acids is 1. The molecular weight excluding hydrogens is 192 g/mol. The number of aliphatic hydroxyl groups is 1. The van der Waals surface area contributed by atoms with Crippen molar-refractivity contribution in [3.8, 4) is 0 Å². The summed E-state index contributed by atoms with van der Waals surface area (Å²) in [5.74, 6) is 0.588. The Morgan fingerprint density at radius 3 is 2.60 bits per heavy atom. The zero-order valence-electron chi connectivity index (χ0n) is 9.09. The van der Waals surface area contributed by atoms with Crippen LogP contribution in [0.2, 0.25) is 0 Å². The maximum atomic E-state index is 11.5. The smallest absolute Gasteiger partial charge is 0.220 e. The second-order valence-electron chi connectivity index (χ2n) is 4.94. The monoisotopic (exact) mass is 212 g/mol. The van der Waals surface area contributed by atoms with Crippen LogP contribution in [0.5, 0.6) is 0 Å². The van der Waals surface area contributed by atoms with E-state index >= 15 is 0 Å². The van der Waals surface area contributed by atoms with Gasteiger partial charge in [-0.1, -0.05) is 12.8 Å². The highest BCUT2D eigenvalue weighted by molar-refractivity contribution is 5.76. The Hall–Kier alpha value is -0.610. The summed E-state index contributed by atoms with van der Waals surface area (Å²) < 4.78 is 0. The molecule has 3 N–H and O–H groups in total. The Balaban J connectivity index is 1.65. The molecule has 0 bridgehead atoms. The third-order valence-electron chi connectivity index (χ3n) is 3.49. The zero-order chi connectivity index (χ0) is 10.7. The summed E-state index contributed by atoms with van der Waals surface area (Å²) in [4.78, 5) is 11.5. The third-order valence-corrected chi connectivity index (χ3v) is 3.49. The summed E-state index contributed by atoms with van der Waals surface area (Å²) in [5.41, 5.74) is -0.618. The first-order valence-corrected chi connectivity index (χ1v) is 5.88. The van der Waals surface area contributed by atoms with Gasteiger partial charge in [0.15, 0.2) is 0 Å². The molecule has 0 aromatic carbocycles. The average molecular weight is 212 g/mol. The zero-order valence-corrected chi connectivity index (χ0v) is 9.09. The van der Waals surface area contributed by atoms with Crippen molar-refractivity contribution in [3.63, 3.8) is 0 Å². The van der Waals surface area contributed by atoms with Crippen LogP contribution in [0.1, 0.15) is 32.1 Å². The van der Waals surface area contributed by atoms with E-state index in [4.69, 9.17) is 0 Å². The van der Waals surface area contributed by atoms with Crippen molar-refractivity contribution >= 4 is 5.91 Å². The van der Waals surface area contributed by atoms with E-state index in [-0.39, 0.29) is 5.91 Å². The van der Waals surface area contributed by atoms with Crippen LogP contribution in [0.15, 0.2) is 0 Å². The van der Waals surface area contributed by atoms with E-state index < -0.39 is 5.60 Å². The molecule has 0 aromatic rings. The van der Waals surface area contributed by atoms with Crippen molar-refractivity contribution in [2.45, 2.75) is 37.7 Å². The van der Waals surface area contributed by atoms with Crippen LogP contribution in [0.4, 0.5) is 0 Å². The van der Waals surface area contributed by atoms with Gasteiger partial charge in [-0.3, -0.25) is 4.79 Å². The first-order chi connectivity index (χ1) is 7.18. The van der Waals surface area contributed by atoms with Gasteiger partial charge >= 0.3 is 0 Å². The van der Waals surface area contributed by atoms with Crippen molar-refractivity contribution < 1.29 is 9.90 Å². The molecule has 0 spiro atoms. The average Bonchev–Trinajstić information content (AvgIpc) is 2.57. The molecule has 1 aliphatic heterocycles. The Morgan fingerprint density at radius 1 is 1.40 bits per heavy atom. The predicted molar refractivity (Wildman–Crippen MR) is 57.4 cm³/mol. The highest BCUT2D eigenvalue weighted by Gasteiger charge is 2.31. The Kier molecular flexibility index (Phi) is 3.26. The molecule has 15 heavy (non-hydrogen) atoms. The predicted octanol–water partition coefficient (Wildman–Crippen LogP) is 0.0172. The SMILES string of the molecule is O=C(CC1CNC1)NCC1(O)CCCC1. The molecule has 86 valence electrons. The van der Waals surface area contributed by atoms with Crippen molar-refractivity contribution in [1.29, 1.82) is 0 Å². The molecule has 1 saturated carbocycles. The van der Waals surface area contributed by atoms with E-state index in [2.05, 4.69) is 10.6 Å². The topological polar surface area (TPSA) is 61.4 Å². The fourth-order valence-electron chi connectivity index (χ4n) is 2.30. The quantitative estimate of drug-likeness (QED) is 0.615. The molecule has 0 atom stereocenters. The summed E-state index contributed by atoms with van der Waals surface area (Å²) in [6.45, 7) is 2.35. The van der Waals surface area contributed by atoms with Crippen LogP contribution in [0.3, 0.4) is 0 Å². The molecule has 1 heterocycles. The minimum absolute atomic E-state index is 0.0850. The molecule has 1 aliphatic carbocycles. The van der Waals surface area contributed by atoms with Crippen molar-refractivity contribution in [3.05, 3.63) is 0 Å². The first-order valence-electron chi connectivity index (χ1n) is 5.88. The Bertz CT molecular complexity index is 233. The van der Waals surface area contributed by atoms with E-state index in [1.54, 1.807) is 0 Å². The van der Waals surface area contributed by atoms with Gasteiger partial charge in [-0.15, -0.1) is 0 Å². The standard InChI is InChI=1S/C11H20N2O2/c14-10(5-9-6-12-7-9)13-8-11(15)3-1-2-4-11/h9,12,15H,1-8H2,(H,13,14). The van der Waals surface area contributed by atoms with E-state index in [0.29, 0.717) is 18.9 Å². The minimum atomic E-state index is -0.618. The molecule has 2 fully saturated rings. The molecule has 2 aliphatic rings. The van der Waals surface area contributed by atoms with Gasteiger partial charge in [0.25, 0.3) is 0 Å². The summed E-state index contributed by atoms with van der Waals surface area (Å²) >= 11 is 0. The van der Waals surface area contributed by atoms with Gasteiger partial charge in [0, 0.05) is 13.0 Å². The van der Waals surface area contributed by atoms with Crippen LogP contribution >= 0.6 is 0 Å². The van der Waals surface area contributed by atoms with Crippen LogP contribution in [-0.4, -0.2) is 36.2 Å². The Morgan fingerprint density at radius 2 is 2.07 bits per heavy atom. The van der Waals surface area contributed by atoms with Gasteiger partial charge in [-0.25, -0.2) is 0 Å². The van der Waals surface area contributed by atoms with Crippen LogP contribution < -0.4 is 10.6 Å². The molecule has 4 heteroatoms. The van der Waals surface area contributed by atoms with Crippen LogP contribution in [0.25, 0.3) is 0 Å². The maximum Gasteiger partial charge on any atom is 0.220 e. The van der Waals surface area contributed by atoms with Crippen LogP contribution in [0, 0.1) is 5.92 Å². The maximum absolute atomic E-state index is 11.5. The number of hydrogen-bond acceptors (Lipinski definition) is 3. The molecule has 0 radical (unpaired) electrons. The summed E-state index contributed by atoms with van der Waals surface area (Å²) in [7, 11) is 0. The normalized spacial score (nSPS) is 24.9. The van der Waals surface area contributed by atoms with Gasteiger partial charge < -0.3 is 15.7 Å². The molecule has 2 rings (SSSR count). The van der Waals surface area contributed by atoms with Crippen molar-refractivity contribution in [1.82, 2.24) is 10.6 Å². The molecule has 0 unspecified atom stereocenters. The number of hydrogen-bond donors (Lipinski definition) is 3. The van der Waals surface area contributed by atoms with E-state index in [0.717, 1.165) is 38.8 Å². The number of nitrogens with one attached hydrogen (secondary N) is 2. The lowest BCUT2D eigenvalue weighted by atomic mass is 9.98. The van der Waals surface area contributed by atoms with E-state index in [1.165, 1.54) is 0 Å². The number of amides is 1. The Labute approximate surface area is 90.4 Å². The molecule has 0 aromatic heterocycles. The lowest BCUT2D eigenvalue weighted by Crippen LogP contribution is -2.46. The van der Waals surface area contributed by atoms with Crippen molar-refractivity contribution in [2.24, 2.45) is 5.92 Å². The fraction of sp³-hybridized carbons (Fsp3) is 0.909.